The summed E-state index contributed by atoms with van der Waals surface area (Å²) in [4.78, 5) is 2.19. The molecule has 2 N–H and O–H groups in total. The van der Waals surface area contributed by atoms with Gasteiger partial charge in [0.05, 0.1) is 6.17 Å². The standard InChI is InChI=1S/C13H16N2/c1-11-6-5-9-13(14)15(11)10-12-7-3-2-4-8-12/h2-9,13H,10,14H2,1H3. The maximum Gasteiger partial charge on any atom is 0.0965 e. The van der Waals surface area contributed by atoms with E-state index in [0.29, 0.717) is 0 Å². The predicted molar refractivity (Wildman–Crippen MR) is 62.9 cm³/mol. The SMILES string of the molecule is CC1=CC=CC(N)N1Cc1ccccc1. The van der Waals surface area contributed by atoms with E-state index in [-0.39, 0.29) is 6.17 Å². The van der Waals surface area contributed by atoms with Gasteiger partial charge in [-0.3, -0.25) is 0 Å². The molecule has 0 spiro atoms. The van der Waals surface area contributed by atoms with Crippen LogP contribution in [0, 0.1) is 0 Å². The van der Waals surface area contributed by atoms with Crippen LogP contribution in [0.4, 0.5) is 0 Å². The van der Waals surface area contributed by atoms with Gasteiger partial charge in [0.25, 0.3) is 0 Å². The summed E-state index contributed by atoms with van der Waals surface area (Å²) < 4.78 is 0. The quantitative estimate of drug-likeness (QED) is 0.793. The monoisotopic (exact) mass is 200 g/mol. The van der Waals surface area contributed by atoms with Crippen molar-refractivity contribution in [2.75, 3.05) is 0 Å². The average molecular weight is 200 g/mol. The van der Waals surface area contributed by atoms with Gasteiger partial charge in [-0.2, -0.15) is 0 Å². The minimum absolute atomic E-state index is 0.00444. The first kappa shape index (κ1) is 9.99. The molecule has 0 radical (unpaired) electrons. The Morgan fingerprint density at radius 3 is 2.67 bits per heavy atom. The molecule has 1 aromatic rings. The molecule has 2 rings (SSSR count). The second-order valence-electron chi connectivity index (χ2n) is 3.80. The minimum atomic E-state index is -0.00444. The Bertz CT molecular complexity index is 379. The van der Waals surface area contributed by atoms with Crippen molar-refractivity contribution < 1.29 is 0 Å². The summed E-state index contributed by atoms with van der Waals surface area (Å²) in [7, 11) is 0. The van der Waals surface area contributed by atoms with Crippen LogP contribution in [0.25, 0.3) is 0 Å². The van der Waals surface area contributed by atoms with E-state index in [1.54, 1.807) is 0 Å². The number of nitrogens with zero attached hydrogens (tertiary/aromatic N) is 1. The van der Waals surface area contributed by atoms with Crippen LogP contribution in [-0.2, 0) is 6.54 Å². The molecule has 0 fully saturated rings. The Morgan fingerprint density at radius 1 is 1.27 bits per heavy atom. The number of hydrogen-bond donors (Lipinski definition) is 1. The smallest absolute Gasteiger partial charge is 0.0965 e. The first-order valence-corrected chi connectivity index (χ1v) is 5.18. The highest BCUT2D eigenvalue weighted by atomic mass is 15.2. The van der Waals surface area contributed by atoms with Crippen molar-refractivity contribution in [1.82, 2.24) is 4.90 Å². The van der Waals surface area contributed by atoms with Crippen molar-refractivity contribution in [3.8, 4) is 0 Å². The molecule has 1 aromatic carbocycles. The van der Waals surface area contributed by atoms with Crippen LogP contribution in [0.2, 0.25) is 0 Å². The number of hydrogen-bond acceptors (Lipinski definition) is 2. The highest BCUT2D eigenvalue weighted by Crippen LogP contribution is 2.16. The minimum Gasteiger partial charge on any atom is -0.352 e. The zero-order valence-corrected chi connectivity index (χ0v) is 8.93. The third kappa shape index (κ3) is 2.28. The van der Waals surface area contributed by atoms with E-state index in [1.807, 2.05) is 18.2 Å². The van der Waals surface area contributed by atoms with E-state index in [4.69, 9.17) is 5.73 Å². The largest absolute Gasteiger partial charge is 0.352 e. The van der Waals surface area contributed by atoms with Gasteiger partial charge in [-0.25, -0.2) is 0 Å². The second kappa shape index (κ2) is 4.32. The van der Waals surface area contributed by atoms with Crippen LogP contribution in [0.1, 0.15) is 12.5 Å². The van der Waals surface area contributed by atoms with E-state index in [1.165, 1.54) is 11.3 Å². The molecule has 1 unspecified atom stereocenters. The van der Waals surface area contributed by atoms with Crippen molar-refractivity contribution in [3.63, 3.8) is 0 Å². The van der Waals surface area contributed by atoms with Gasteiger partial charge in [0.15, 0.2) is 0 Å². The lowest BCUT2D eigenvalue weighted by molar-refractivity contribution is 0.285. The molecule has 0 saturated carbocycles. The third-order valence-corrected chi connectivity index (χ3v) is 2.65. The maximum absolute atomic E-state index is 6.02. The van der Waals surface area contributed by atoms with Crippen molar-refractivity contribution >= 4 is 0 Å². The van der Waals surface area contributed by atoms with Crippen LogP contribution >= 0.6 is 0 Å². The van der Waals surface area contributed by atoms with Crippen LogP contribution in [0.3, 0.4) is 0 Å². The molecule has 1 aliphatic rings. The lowest BCUT2D eigenvalue weighted by atomic mass is 10.1. The molecule has 1 atom stereocenters. The average Bonchev–Trinajstić information content (AvgIpc) is 2.25. The van der Waals surface area contributed by atoms with Gasteiger partial charge < -0.3 is 10.6 Å². The van der Waals surface area contributed by atoms with Crippen molar-refractivity contribution in [2.45, 2.75) is 19.6 Å². The van der Waals surface area contributed by atoms with Crippen LogP contribution in [-0.4, -0.2) is 11.1 Å². The zero-order valence-electron chi connectivity index (χ0n) is 8.93. The topological polar surface area (TPSA) is 29.3 Å². The van der Waals surface area contributed by atoms with Crippen LogP contribution < -0.4 is 5.73 Å². The van der Waals surface area contributed by atoms with Crippen molar-refractivity contribution in [3.05, 3.63) is 59.8 Å². The molecule has 0 amide bonds. The fourth-order valence-electron chi connectivity index (χ4n) is 1.75. The summed E-state index contributed by atoms with van der Waals surface area (Å²) in [5.74, 6) is 0. The molecule has 0 saturated heterocycles. The lowest BCUT2D eigenvalue weighted by Crippen LogP contribution is -2.39. The molecule has 1 heterocycles. The molecule has 78 valence electrons. The Balaban J connectivity index is 2.12. The summed E-state index contributed by atoms with van der Waals surface area (Å²) >= 11 is 0. The van der Waals surface area contributed by atoms with Gasteiger partial charge in [-0.05, 0) is 24.6 Å². The Hall–Kier alpha value is -1.54. The summed E-state index contributed by atoms with van der Waals surface area (Å²) in [5.41, 5.74) is 8.52. The lowest BCUT2D eigenvalue weighted by Gasteiger charge is -2.31. The third-order valence-electron chi connectivity index (χ3n) is 2.65. The Morgan fingerprint density at radius 2 is 2.00 bits per heavy atom. The molecule has 0 aromatic heterocycles. The van der Waals surface area contributed by atoms with Crippen LogP contribution in [0.5, 0.6) is 0 Å². The van der Waals surface area contributed by atoms with Gasteiger partial charge in [0.1, 0.15) is 0 Å². The number of rotatable bonds is 2. The summed E-state index contributed by atoms with van der Waals surface area (Å²) in [5, 5.41) is 0. The number of allylic oxidation sites excluding steroid dienone is 3. The van der Waals surface area contributed by atoms with E-state index in [9.17, 15) is 0 Å². The Kier molecular flexibility index (Phi) is 2.88. The fraction of sp³-hybridized carbons (Fsp3) is 0.231. The fourth-order valence-corrected chi connectivity index (χ4v) is 1.75. The molecule has 0 bridgehead atoms. The highest BCUT2D eigenvalue weighted by molar-refractivity contribution is 5.21. The van der Waals surface area contributed by atoms with Crippen molar-refractivity contribution in [1.29, 1.82) is 0 Å². The van der Waals surface area contributed by atoms with Crippen molar-refractivity contribution in [2.24, 2.45) is 5.73 Å². The van der Waals surface area contributed by atoms with Gasteiger partial charge in [-0.15, -0.1) is 0 Å². The highest BCUT2D eigenvalue weighted by Gasteiger charge is 2.14. The van der Waals surface area contributed by atoms with E-state index < -0.39 is 0 Å². The molecule has 15 heavy (non-hydrogen) atoms. The van der Waals surface area contributed by atoms with Gasteiger partial charge in [0, 0.05) is 12.2 Å². The molecule has 2 heteroatoms. The molecular weight excluding hydrogens is 184 g/mol. The molecule has 0 aliphatic carbocycles. The maximum atomic E-state index is 6.02. The molecular formula is C13H16N2. The van der Waals surface area contributed by atoms with Gasteiger partial charge in [0.2, 0.25) is 0 Å². The van der Waals surface area contributed by atoms with Crippen LogP contribution in [0.15, 0.2) is 54.3 Å². The molecule has 1 aliphatic heterocycles. The first-order chi connectivity index (χ1) is 7.27. The van der Waals surface area contributed by atoms with Gasteiger partial charge >= 0.3 is 0 Å². The Labute approximate surface area is 90.7 Å². The first-order valence-electron chi connectivity index (χ1n) is 5.18. The van der Waals surface area contributed by atoms with Gasteiger partial charge in [-0.1, -0.05) is 36.4 Å². The van der Waals surface area contributed by atoms with E-state index >= 15 is 0 Å². The van der Waals surface area contributed by atoms with E-state index in [2.05, 4.69) is 42.2 Å². The van der Waals surface area contributed by atoms with E-state index in [0.717, 1.165) is 6.54 Å². The summed E-state index contributed by atoms with van der Waals surface area (Å²) in [6.07, 6.45) is 6.11. The zero-order chi connectivity index (χ0) is 10.7. The predicted octanol–water partition coefficient (Wildman–Crippen LogP) is 2.25. The normalized spacial score (nSPS) is 20.3. The number of nitrogens with two attached hydrogens (primary N) is 1. The summed E-state index contributed by atoms with van der Waals surface area (Å²) in [6, 6.07) is 10.4. The summed E-state index contributed by atoms with van der Waals surface area (Å²) in [6.45, 7) is 2.96. The second-order valence-corrected chi connectivity index (χ2v) is 3.80. The molecule has 2 nitrogen and oxygen atoms in total. The number of benzene rings is 1.